The monoisotopic (exact) mass is 319 g/mol. The van der Waals surface area contributed by atoms with Crippen molar-refractivity contribution in [3.05, 3.63) is 29.8 Å². The molecule has 0 aromatic heterocycles. The number of methoxy groups -OCH3 is 1. The minimum atomic E-state index is 0.0103. The molecule has 1 aromatic carbocycles. The number of hydrogen-bond donors (Lipinski definition) is 0. The van der Waals surface area contributed by atoms with Crippen LogP contribution in [0.2, 0.25) is 0 Å². The van der Waals surface area contributed by atoms with Crippen LogP contribution in [0, 0.1) is 0 Å². The lowest BCUT2D eigenvalue weighted by atomic mass is 10.2. The topological polar surface area (TPSA) is 48.0 Å². The van der Waals surface area contributed by atoms with Crippen LogP contribution in [-0.4, -0.2) is 50.3 Å². The molecule has 1 heterocycles. The summed E-state index contributed by atoms with van der Waals surface area (Å²) in [5.41, 5.74) is 0.904. The van der Waals surface area contributed by atoms with Gasteiger partial charge in [-0.15, -0.1) is 0 Å². The highest BCUT2D eigenvalue weighted by molar-refractivity contribution is 5.91. The standard InChI is InChI=1S/C18H25NO4/c1-4-22-17-12-15(6-8-16(17)21-3)7-9-18(20)19-10-5-11-23-14(2)13-19/h6-9,12,14H,4-5,10-11,13H2,1-3H3/b9-7+. The van der Waals surface area contributed by atoms with Crippen LogP contribution in [0.3, 0.4) is 0 Å². The summed E-state index contributed by atoms with van der Waals surface area (Å²) in [6, 6.07) is 5.62. The Hall–Kier alpha value is -2.01. The lowest BCUT2D eigenvalue weighted by molar-refractivity contribution is -0.126. The molecule has 23 heavy (non-hydrogen) atoms. The van der Waals surface area contributed by atoms with Gasteiger partial charge in [-0.3, -0.25) is 4.79 Å². The summed E-state index contributed by atoms with van der Waals surface area (Å²) in [4.78, 5) is 14.2. The SMILES string of the molecule is CCOc1cc(/C=C/C(=O)N2CCCOC(C)C2)ccc1OC. The summed E-state index contributed by atoms with van der Waals surface area (Å²) in [7, 11) is 1.61. The van der Waals surface area contributed by atoms with Gasteiger partial charge in [0.2, 0.25) is 5.91 Å². The van der Waals surface area contributed by atoms with Crippen molar-refractivity contribution >= 4 is 12.0 Å². The van der Waals surface area contributed by atoms with Crippen molar-refractivity contribution in [1.82, 2.24) is 4.90 Å². The average Bonchev–Trinajstić information content (AvgIpc) is 2.77. The van der Waals surface area contributed by atoms with Crippen molar-refractivity contribution < 1.29 is 19.0 Å². The van der Waals surface area contributed by atoms with E-state index in [4.69, 9.17) is 14.2 Å². The van der Waals surface area contributed by atoms with E-state index < -0.39 is 0 Å². The number of carbonyl (C=O) groups is 1. The average molecular weight is 319 g/mol. The molecule has 5 nitrogen and oxygen atoms in total. The predicted molar refractivity (Wildman–Crippen MR) is 89.8 cm³/mol. The van der Waals surface area contributed by atoms with E-state index in [0.29, 0.717) is 31.3 Å². The summed E-state index contributed by atoms with van der Waals surface area (Å²) in [6.07, 6.45) is 4.37. The zero-order valence-electron chi connectivity index (χ0n) is 14.1. The maximum absolute atomic E-state index is 12.3. The number of hydrogen-bond acceptors (Lipinski definition) is 4. The molecule has 1 saturated heterocycles. The first kappa shape index (κ1) is 17.3. The molecule has 0 spiro atoms. The molecule has 0 aliphatic carbocycles. The van der Waals surface area contributed by atoms with Gasteiger partial charge in [0.25, 0.3) is 0 Å². The summed E-state index contributed by atoms with van der Waals surface area (Å²) >= 11 is 0. The van der Waals surface area contributed by atoms with E-state index in [0.717, 1.165) is 18.5 Å². The lowest BCUT2D eigenvalue weighted by Crippen LogP contribution is -2.34. The van der Waals surface area contributed by atoms with Crippen LogP contribution >= 0.6 is 0 Å². The Kier molecular flexibility index (Phi) is 6.47. The Labute approximate surface area is 137 Å². The third-order valence-electron chi connectivity index (χ3n) is 3.67. The maximum Gasteiger partial charge on any atom is 0.246 e. The van der Waals surface area contributed by atoms with Crippen molar-refractivity contribution in [2.24, 2.45) is 0 Å². The molecule has 1 fully saturated rings. The fraction of sp³-hybridized carbons (Fsp3) is 0.500. The van der Waals surface area contributed by atoms with Crippen molar-refractivity contribution in [3.8, 4) is 11.5 Å². The van der Waals surface area contributed by atoms with Gasteiger partial charge in [-0.2, -0.15) is 0 Å². The number of rotatable bonds is 5. The Morgan fingerprint density at radius 3 is 3.00 bits per heavy atom. The van der Waals surface area contributed by atoms with Gasteiger partial charge in [-0.1, -0.05) is 6.07 Å². The van der Waals surface area contributed by atoms with Crippen molar-refractivity contribution in [3.63, 3.8) is 0 Å². The predicted octanol–water partition coefficient (Wildman–Crippen LogP) is 2.74. The molecule has 1 aliphatic heterocycles. The highest BCUT2D eigenvalue weighted by Gasteiger charge is 2.17. The van der Waals surface area contributed by atoms with E-state index >= 15 is 0 Å². The van der Waals surface area contributed by atoms with Crippen LogP contribution in [-0.2, 0) is 9.53 Å². The van der Waals surface area contributed by atoms with Gasteiger partial charge in [0, 0.05) is 25.8 Å². The van der Waals surface area contributed by atoms with Crippen molar-refractivity contribution in [1.29, 1.82) is 0 Å². The van der Waals surface area contributed by atoms with E-state index in [2.05, 4.69) is 0 Å². The van der Waals surface area contributed by atoms with E-state index in [1.54, 1.807) is 19.3 Å². The van der Waals surface area contributed by atoms with Gasteiger partial charge < -0.3 is 19.1 Å². The third-order valence-corrected chi connectivity index (χ3v) is 3.67. The second-order valence-corrected chi connectivity index (χ2v) is 5.50. The fourth-order valence-corrected chi connectivity index (χ4v) is 2.53. The van der Waals surface area contributed by atoms with Gasteiger partial charge in [0.05, 0.1) is 19.8 Å². The third kappa shape index (κ3) is 4.99. The molecule has 1 atom stereocenters. The van der Waals surface area contributed by atoms with Crippen LogP contribution in [0.5, 0.6) is 11.5 Å². The normalized spacial score (nSPS) is 18.7. The number of carbonyl (C=O) groups excluding carboxylic acids is 1. The fourth-order valence-electron chi connectivity index (χ4n) is 2.53. The first-order chi connectivity index (χ1) is 11.1. The molecule has 1 unspecified atom stereocenters. The molecular formula is C18H25NO4. The van der Waals surface area contributed by atoms with Crippen LogP contribution in [0.25, 0.3) is 6.08 Å². The molecule has 126 valence electrons. The van der Waals surface area contributed by atoms with Crippen molar-refractivity contribution in [2.45, 2.75) is 26.4 Å². The van der Waals surface area contributed by atoms with Crippen LogP contribution < -0.4 is 9.47 Å². The molecule has 1 aromatic rings. The van der Waals surface area contributed by atoms with Gasteiger partial charge in [-0.05, 0) is 44.0 Å². The largest absolute Gasteiger partial charge is 0.493 e. The second-order valence-electron chi connectivity index (χ2n) is 5.50. The Balaban J connectivity index is 2.06. The molecule has 2 rings (SSSR count). The van der Waals surface area contributed by atoms with Crippen molar-refractivity contribution in [2.75, 3.05) is 33.4 Å². The zero-order chi connectivity index (χ0) is 16.7. The highest BCUT2D eigenvalue weighted by atomic mass is 16.5. The summed E-state index contributed by atoms with van der Waals surface area (Å²) in [5.74, 6) is 1.38. The van der Waals surface area contributed by atoms with Crippen LogP contribution in [0.1, 0.15) is 25.8 Å². The summed E-state index contributed by atoms with van der Waals surface area (Å²) < 4.78 is 16.4. The van der Waals surface area contributed by atoms with E-state index in [1.165, 1.54) is 0 Å². The maximum atomic E-state index is 12.3. The summed E-state index contributed by atoms with van der Waals surface area (Å²) in [6.45, 7) is 6.57. The van der Waals surface area contributed by atoms with Crippen LogP contribution in [0.15, 0.2) is 24.3 Å². The van der Waals surface area contributed by atoms with Gasteiger partial charge in [0.15, 0.2) is 11.5 Å². The molecule has 0 bridgehead atoms. The second kappa shape index (κ2) is 8.58. The molecule has 1 aliphatic rings. The number of nitrogens with zero attached hydrogens (tertiary/aromatic N) is 1. The number of ether oxygens (including phenoxy) is 3. The quantitative estimate of drug-likeness (QED) is 0.783. The Morgan fingerprint density at radius 2 is 2.26 bits per heavy atom. The smallest absolute Gasteiger partial charge is 0.246 e. The first-order valence-electron chi connectivity index (χ1n) is 8.03. The molecule has 1 amide bonds. The molecular weight excluding hydrogens is 294 g/mol. The van der Waals surface area contributed by atoms with Gasteiger partial charge in [0.1, 0.15) is 0 Å². The minimum absolute atomic E-state index is 0.0103. The van der Waals surface area contributed by atoms with E-state index in [1.807, 2.05) is 36.9 Å². The minimum Gasteiger partial charge on any atom is -0.493 e. The van der Waals surface area contributed by atoms with E-state index in [-0.39, 0.29) is 12.0 Å². The molecule has 0 radical (unpaired) electrons. The lowest BCUT2D eigenvalue weighted by Gasteiger charge is -2.20. The Bertz CT molecular complexity index is 556. The Morgan fingerprint density at radius 1 is 1.43 bits per heavy atom. The van der Waals surface area contributed by atoms with Gasteiger partial charge >= 0.3 is 0 Å². The molecule has 5 heteroatoms. The van der Waals surface area contributed by atoms with E-state index in [9.17, 15) is 4.79 Å². The summed E-state index contributed by atoms with van der Waals surface area (Å²) in [5, 5.41) is 0. The zero-order valence-corrected chi connectivity index (χ0v) is 14.1. The highest BCUT2D eigenvalue weighted by Crippen LogP contribution is 2.28. The molecule has 0 saturated carbocycles. The number of amides is 1. The number of benzene rings is 1. The van der Waals surface area contributed by atoms with Crippen LogP contribution in [0.4, 0.5) is 0 Å². The molecule has 0 N–H and O–H groups in total. The first-order valence-corrected chi connectivity index (χ1v) is 8.03. The van der Waals surface area contributed by atoms with Gasteiger partial charge in [-0.25, -0.2) is 0 Å².